The first-order chi connectivity index (χ1) is 17.2. The number of hydrogen-bond donors (Lipinski definition) is 0. The molecule has 1 aliphatic heterocycles. The van der Waals surface area contributed by atoms with Crippen LogP contribution in [0.4, 0.5) is 0 Å². The molecule has 35 heavy (non-hydrogen) atoms. The Hall–Kier alpha value is -3.56. The molecule has 1 amide bonds. The molecule has 0 radical (unpaired) electrons. The summed E-state index contributed by atoms with van der Waals surface area (Å²) in [5, 5.41) is 9.20. The summed E-state index contributed by atoms with van der Waals surface area (Å²) in [6.45, 7) is 2.69. The molecule has 4 aromatic rings. The lowest BCUT2D eigenvalue weighted by Crippen LogP contribution is -2.42. The summed E-state index contributed by atoms with van der Waals surface area (Å²) in [5.74, 6) is 2.22. The van der Waals surface area contributed by atoms with E-state index in [0.717, 1.165) is 22.6 Å². The Kier molecular flexibility index (Phi) is 7.15. The number of carbonyl (C=O) groups is 1. The Morgan fingerprint density at radius 1 is 1.06 bits per heavy atom. The quantitative estimate of drug-likeness (QED) is 0.341. The third kappa shape index (κ3) is 5.26. The first-order valence-corrected chi connectivity index (χ1v) is 12.3. The molecule has 2 aromatic heterocycles. The van der Waals surface area contributed by atoms with Crippen molar-refractivity contribution in [1.29, 1.82) is 0 Å². The highest BCUT2D eigenvalue weighted by molar-refractivity contribution is 8.00. The number of methoxy groups -OCH3 is 1. The van der Waals surface area contributed by atoms with Crippen LogP contribution in [0, 0.1) is 0 Å². The lowest BCUT2D eigenvalue weighted by molar-refractivity contribution is -0.134. The van der Waals surface area contributed by atoms with E-state index in [1.54, 1.807) is 13.4 Å². The Bertz CT molecular complexity index is 1250. The second kappa shape index (κ2) is 10.8. The van der Waals surface area contributed by atoms with Crippen LogP contribution in [0.2, 0.25) is 0 Å². The molecule has 0 bridgehead atoms. The lowest BCUT2D eigenvalue weighted by atomic mass is 10.1. The summed E-state index contributed by atoms with van der Waals surface area (Å²) in [6.07, 6.45) is 1.65. The fraction of sp³-hybridized carbons (Fsp3) is 0.269. The second-order valence-electron chi connectivity index (χ2n) is 8.05. The van der Waals surface area contributed by atoms with E-state index in [0.29, 0.717) is 43.8 Å². The molecule has 0 spiro atoms. The molecule has 0 saturated carbocycles. The predicted octanol–water partition coefficient (Wildman–Crippen LogP) is 4.29. The number of aromatic nitrogens is 3. The smallest absolute Gasteiger partial charge is 0.240 e. The number of thioether (sulfide) groups is 1. The molecule has 9 heteroatoms. The van der Waals surface area contributed by atoms with Crippen molar-refractivity contribution in [1.82, 2.24) is 19.7 Å². The van der Waals surface area contributed by atoms with Gasteiger partial charge in [0, 0.05) is 18.7 Å². The largest absolute Gasteiger partial charge is 0.497 e. The Balaban J connectivity index is 1.53. The third-order valence-electron chi connectivity index (χ3n) is 5.81. The number of nitrogens with zero attached hydrogens (tertiary/aromatic N) is 4. The van der Waals surface area contributed by atoms with Crippen LogP contribution in [0.25, 0.3) is 11.4 Å². The molecule has 2 aromatic carbocycles. The molecule has 5 rings (SSSR count). The highest BCUT2D eigenvalue weighted by Gasteiger charge is 2.30. The van der Waals surface area contributed by atoms with Crippen molar-refractivity contribution >= 4 is 17.7 Å². The topological polar surface area (TPSA) is 82.6 Å². The van der Waals surface area contributed by atoms with E-state index >= 15 is 0 Å². The number of morpholine rings is 1. The normalized spacial score (nSPS) is 14.6. The van der Waals surface area contributed by atoms with Crippen LogP contribution in [0.15, 0.2) is 82.6 Å². The van der Waals surface area contributed by atoms with Crippen molar-refractivity contribution in [2.24, 2.45) is 0 Å². The van der Waals surface area contributed by atoms with Crippen LogP contribution in [0.3, 0.4) is 0 Å². The van der Waals surface area contributed by atoms with Gasteiger partial charge in [0.15, 0.2) is 11.0 Å². The molecule has 0 N–H and O–H groups in total. The van der Waals surface area contributed by atoms with Gasteiger partial charge in [-0.15, -0.1) is 10.2 Å². The standard InChI is InChI=1S/C26H26N4O4S/c1-32-21-10-5-9-20(17-21)24-27-28-26(30(24)18-22-11-6-14-34-22)35-23(19-7-3-2-4-8-19)25(31)29-12-15-33-16-13-29/h2-11,14,17,23H,12-13,15-16,18H2,1H3. The van der Waals surface area contributed by atoms with E-state index in [2.05, 4.69) is 10.2 Å². The summed E-state index contributed by atoms with van der Waals surface area (Å²) in [7, 11) is 1.63. The number of amides is 1. The molecule has 3 heterocycles. The molecule has 1 unspecified atom stereocenters. The average Bonchev–Trinajstić information content (AvgIpc) is 3.58. The molecule has 1 saturated heterocycles. The van der Waals surface area contributed by atoms with Gasteiger partial charge in [-0.3, -0.25) is 9.36 Å². The number of benzene rings is 2. The predicted molar refractivity (Wildman–Crippen MR) is 132 cm³/mol. The highest BCUT2D eigenvalue weighted by atomic mass is 32.2. The monoisotopic (exact) mass is 490 g/mol. The van der Waals surface area contributed by atoms with E-state index in [1.165, 1.54) is 11.8 Å². The van der Waals surface area contributed by atoms with Crippen LogP contribution in [-0.2, 0) is 16.1 Å². The van der Waals surface area contributed by atoms with Gasteiger partial charge in [-0.05, 0) is 29.8 Å². The molecular formula is C26H26N4O4S. The van der Waals surface area contributed by atoms with E-state index in [-0.39, 0.29) is 5.91 Å². The summed E-state index contributed by atoms with van der Waals surface area (Å²) in [6, 6.07) is 21.3. The SMILES string of the molecule is COc1cccc(-c2nnc(SC(C(=O)N3CCOCC3)c3ccccc3)n2Cc2ccco2)c1. The number of rotatable bonds is 8. The third-order valence-corrected chi connectivity index (χ3v) is 7.03. The van der Waals surface area contributed by atoms with Crippen LogP contribution in [-0.4, -0.2) is 59.0 Å². The fourth-order valence-corrected chi connectivity index (χ4v) is 5.12. The summed E-state index contributed by atoms with van der Waals surface area (Å²) < 4.78 is 18.5. The van der Waals surface area contributed by atoms with E-state index in [1.807, 2.05) is 76.2 Å². The van der Waals surface area contributed by atoms with Gasteiger partial charge >= 0.3 is 0 Å². The van der Waals surface area contributed by atoms with Gasteiger partial charge < -0.3 is 18.8 Å². The molecular weight excluding hydrogens is 464 g/mol. The zero-order valence-electron chi connectivity index (χ0n) is 19.4. The van der Waals surface area contributed by atoms with Crippen LogP contribution < -0.4 is 4.74 Å². The molecule has 1 aliphatic rings. The second-order valence-corrected chi connectivity index (χ2v) is 9.12. The van der Waals surface area contributed by atoms with Crippen molar-refractivity contribution in [2.75, 3.05) is 33.4 Å². The van der Waals surface area contributed by atoms with Crippen molar-refractivity contribution in [2.45, 2.75) is 17.0 Å². The van der Waals surface area contributed by atoms with E-state index < -0.39 is 5.25 Å². The maximum atomic E-state index is 13.6. The van der Waals surface area contributed by atoms with Crippen LogP contribution in [0.1, 0.15) is 16.6 Å². The highest BCUT2D eigenvalue weighted by Crippen LogP contribution is 2.38. The van der Waals surface area contributed by atoms with Crippen molar-refractivity contribution in [3.63, 3.8) is 0 Å². The molecule has 180 valence electrons. The van der Waals surface area contributed by atoms with Gasteiger partial charge in [-0.2, -0.15) is 0 Å². The van der Waals surface area contributed by atoms with Gasteiger partial charge in [0.25, 0.3) is 0 Å². The van der Waals surface area contributed by atoms with Gasteiger partial charge in [-0.25, -0.2) is 0 Å². The fourth-order valence-electron chi connectivity index (χ4n) is 4.00. The van der Waals surface area contributed by atoms with Crippen LogP contribution >= 0.6 is 11.8 Å². The van der Waals surface area contributed by atoms with Crippen molar-refractivity contribution in [3.8, 4) is 17.1 Å². The summed E-state index contributed by atoms with van der Waals surface area (Å²) in [5.41, 5.74) is 1.79. The average molecular weight is 491 g/mol. The minimum Gasteiger partial charge on any atom is -0.497 e. The maximum Gasteiger partial charge on any atom is 0.240 e. The van der Waals surface area contributed by atoms with Crippen molar-refractivity contribution < 1.29 is 18.7 Å². The number of ether oxygens (including phenoxy) is 2. The van der Waals surface area contributed by atoms with E-state index in [4.69, 9.17) is 13.9 Å². The zero-order chi connectivity index (χ0) is 24.0. The summed E-state index contributed by atoms with van der Waals surface area (Å²) >= 11 is 1.40. The van der Waals surface area contributed by atoms with E-state index in [9.17, 15) is 4.79 Å². The Morgan fingerprint density at radius 3 is 2.63 bits per heavy atom. The van der Waals surface area contributed by atoms with Crippen LogP contribution in [0.5, 0.6) is 5.75 Å². The lowest BCUT2D eigenvalue weighted by Gasteiger charge is -2.30. The molecule has 8 nitrogen and oxygen atoms in total. The Labute approximate surface area is 207 Å². The van der Waals surface area contributed by atoms with Crippen molar-refractivity contribution in [3.05, 3.63) is 84.3 Å². The maximum absolute atomic E-state index is 13.6. The molecule has 1 fully saturated rings. The number of carbonyl (C=O) groups excluding carboxylic acids is 1. The van der Waals surface area contributed by atoms with Gasteiger partial charge in [-0.1, -0.05) is 54.2 Å². The van der Waals surface area contributed by atoms with Gasteiger partial charge in [0.1, 0.15) is 16.8 Å². The number of hydrogen-bond acceptors (Lipinski definition) is 7. The Morgan fingerprint density at radius 2 is 1.89 bits per heavy atom. The summed E-state index contributed by atoms with van der Waals surface area (Å²) in [4.78, 5) is 15.5. The number of furan rings is 1. The molecule has 1 atom stereocenters. The minimum absolute atomic E-state index is 0.0416. The van der Waals surface area contributed by atoms with Gasteiger partial charge in [0.05, 0.1) is 33.1 Å². The minimum atomic E-state index is -0.466. The zero-order valence-corrected chi connectivity index (χ0v) is 20.2. The first kappa shape index (κ1) is 23.2. The first-order valence-electron chi connectivity index (χ1n) is 11.4. The molecule has 0 aliphatic carbocycles. The van der Waals surface area contributed by atoms with Gasteiger partial charge in [0.2, 0.25) is 5.91 Å².